The summed E-state index contributed by atoms with van der Waals surface area (Å²) in [5, 5.41) is 12.1. The van der Waals surface area contributed by atoms with Crippen LogP contribution >= 0.6 is 8.58 Å². The molecule has 0 aliphatic carbocycles. The Kier molecular flexibility index (Phi) is 8.19. The molecule has 3 aromatic rings. The fraction of sp³-hybridized carbons (Fsp3) is 0.367. The molecule has 1 fully saturated rings. The van der Waals surface area contributed by atoms with Gasteiger partial charge in [0.25, 0.3) is 0 Å². The Hall–Kier alpha value is -2.48. The molecule has 3 nitrogen and oxygen atoms in total. The zero-order chi connectivity index (χ0) is 24.0. The highest BCUT2D eigenvalue weighted by atomic mass is 31.1. The number of likely N-dealkylation sites (tertiary alicyclic amines) is 1. The molecule has 0 aromatic heterocycles. The zero-order valence-electron chi connectivity index (χ0n) is 20.4. The Morgan fingerprint density at radius 3 is 2.38 bits per heavy atom. The molecule has 0 spiro atoms. The highest BCUT2D eigenvalue weighted by molar-refractivity contribution is 7.48. The molecule has 1 aliphatic rings. The van der Waals surface area contributed by atoms with Gasteiger partial charge in [-0.3, -0.25) is 9.69 Å². The van der Waals surface area contributed by atoms with Crippen LogP contribution in [0.5, 0.6) is 5.75 Å². The van der Waals surface area contributed by atoms with Gasteiger partial charge in [0.15, 0.2) is 5.78 Å². The molecule has 4 heteroatoms. The summed E-state index contributed by atoms with van der Waals surface area (Å²) >= 11 is 0. The Morgan fingerprint density at radius 1 is 0.941 bits per heavy atom. The standard InChI is InChI=1S/C30H36NO2P/c1-3-18-30(2,34-28-15-9-8-14-25(28)22-31-19-10-5-11-20-31)26-21-24(16-17-27(26)32)29(33)23-12-6-4-7-13-23/h4,6-9,12-17,21,32,34H,3,5,10-11,18-20,22H2,1-2H3. The predicted octanol–water partition coefficient (Wildman–Crippen LogP) is 6.63. The largest absolute Gasteiger partial charge is 0.508 e. The average molecular weight is 474 g/mol. The predicted molar refractivity (Wildman–Crippen MR) is 144 cm³/mol. The fourth-order valence-corrected chi connectivity index (χ4v) is 6.88. The van der Waals surface area contributed by atoms with Gasteiger partial charge < -0.3 is 5.11 Å². The molecule has 1 saturated heterocycles. The summed E-state index contributed by atoms with van der Waals surface area (Å²) in [5.74, 6) is 0.274. The van der Waals surface area contributed by atoms with Crippen molar-refractivity contribution in [2.45, 2.75) is 57.7 Å². The maximum Gasteiger partial charge on any atom is 0.193 e. The molecule has 1 heterocycles. The number of phenolic OH excluding ortho intramolecular Hbond substituents is 1. The fourth-order valence-electron chi connectivity index (χ4n) is 5.08. The maximum absolute atomic E-state index is 13.1. The van der Waals surface area contributed by atoms with Crippen molar-refractivity contribution in [2.75, 3.05) is 13.1 Å². The maximum atomic E-state index is 13.1. The Labute approximate surface area is 206 Å². The van der Waals surface area contributed by atoms with Crippen LogP contribution in [-0.4, -0.2) is 28.9 Å². The third kappa shape index (κ3) is 5.77. The van der Waals surface area contributed by atoms with Crippen LogP contribution in [0.3, 0.4) is 0 Å². The molecule has 1 N–H and O–H groups in total. The van der Waals surface area contributed by atoms with E-state index in [9.17, 15) is 9.90 Å². The van der Waals surface area contributed by atoms with E-state index in [2.05, 4.69) is 43.0 Å². The van der Waals surface area contributed by atoms with Crippen LogP contribution in [0.25, 0.3) is 0 Å². The SMILES string of the molecule is CCCC(C)(Pc1ccccc1CN1CCCCC1)c1cc(C(=O)c2ccccc2)ccc1O. The van der Waals surface area contributed by atoms with Crippen molar-refractivity contribution in [1.29, 1.82) is 0 Å². The van der Waals surface area contributed by atoms with Gasteiger partial charge in [0.2, 0.25) is 0 Å². The number of piperidine rings is 1. The van der Waals surface area contributed by atoms with E-state index in [4.69, 9.17) is 0 Å². The molecule has 2 unspecified atom stereocenters. The number of benzene rings is 3. The van der Waals surface area contributed by atoms with Crippen LogP contribution in [0.4, 0.5) is 0 Å². The van der Waals surface area contributed by atoms with E-state index in [0.717, 1.165) is 24.9 Å². The van der Waals surface area contributed by atoms with E-state index in [1.54, 1.807) is 12.1 Å². The first-order chi connectivity index (χ1) is 16.5. The monoisotopic (exact) mass is 473 g/mol. The first kappa shape index (κ1) is 24.6. The van der Waals surface area contributed by atoms with Gasteiger partial charge in [0.05, 0.1) is 0 Å². The van der Waals surface area contributed by atoms with E-state index in [1.165, 1.54) is 43.2 Å². The molecule has 0 bridgehead atoms. The number of hydrogen-bond donors (Lipinski definition) is 1. The molecule has 34 heavy (non-hydrogen) atoms. The second kappa shape index (κ2) is 11.3. The number of hydrogen-bond acceptors (Lipinski definition) is 3. The van der Waals surface area contributed by atoms with Crippen molar-refractivity contribution < 1.29 is 9.90 Å². The molecule has 0 saturated carbocycles. The minimum absolute atomic E-state index is 0.00506. The quantitative estimate of drug-likeness (QED) is 0.280. The summed E-state index contributed by atoms with van der Waals surface area (Å²) in [5.41, 5.74) is 3.57. The topological polar surface area (TPSA) is 40.5 Å². The highest BCUT2D eigenvalue weighted by Crippen LogP contribution is 2.48. The van der Waals surface area contributed by atoms with E-state index in [-0.39, 0.29) is 16.7 Å². The first-order valence-corrected chi connectivity index (χ1v) is 13.5. The second-order valence-corrected chi connectivity index (χ2v) is 11.5. The smallest absolute Gasteiger partial charge is 0.193 e. The lowest BCUT2D eigenvalue weighted by Gasteiger charge is -2.33. The lowest BCUT2D eigenvalue weighted by molar-refractivity contribution is 0.103. The molecule has 178 valence electrons. The van der Waals surface area contributed by atoms with E-state index in [1.807, 2.05) is 36.4 Å². The first-order valence-electron chi connectivity index (χ1n) is 12.5. The number of carbonyl (C=O) groups excluding carboxylic acids is 1. The van der Waals surface area contributed by atoms with Crippen LogP contribution in [0.15, 0.2) is 72.8 Å². The van der Waals surface area contributed by atoms with Crippen molar-refractivity contribution in [2.24, 2.45) is 0 Å². The summed E-state index contributed by atoms with van der Waals surface area (Å²) < 4.78 is 0. The third-order valence-corrected chi connectivity index (χ3v) is 8.74. The second-order valence-electron chi connectivity index (χ2n) is 9.63. The zero-order valence-corrected chi connectivity index (χ0v) is 21.4. The highest BCUT2D eigenvalue weighted by Gasteiger charge is 2.31. The third-order valence-electron chi connectivity index (χ3n) is 6.91. The van der Waals surface area contributed by atoms with Crippen LogP contribution in [0.1, 0.15) is 73.0 Å². The lowest BCUT2D eigenvalue weighted by Crippen LogP contribution is -2.31. The minimum Gasteiger partial charge on any atom is -0.508 e. The number of carbonyl (C=O) groups is 1. The van der Waals surface area contributed by atoms with E-state index in [0.29, 0.717) is 19.7 Å². The van der Waals surface area contributed by atoms with Crippen LogP contribution < -0.4 is 5.30 Å². The summed E-state index contributed by atoms with van der Waals surface area (Å²) in [7, 11) is 0.508. The Morgan fingerprint density at radius 2 is 1.65 bits per heavy atom. The van der Waals surface area contributed by atoms with Crippen molar-refractivity contribution in [3.8, 4) is 5.75 Å². The summed E-state index contributed by atoms with van der Waals surface area (Å²) in [4.78, 5) is 15.7. The molecular weight excluding hydrogens is 437 g/mol. The van der Waals surface area contributed by atoms with Gasteiger partial charge in [-0.1, -0.05) is 89.9 Å². The van der Waals surface area contributed by atoms with Crippen LogP contribution in [-0.2, 0) is 11.7 Å². The van der Waals surface area contributed by atoms with Crippen LogP contribution in [0, 0.1) is 0 Å². The summed E-state index contributed by atoms with van der Waals surface area (Å²) in [6.07, 6.45) is 5.86. The number of ketones is 1. The molecule has 4 rings (SSSR count). The van der Waals surface area contributed by atoms with E-state index >= 15 is 0 Å². The Bertz CT molecular complexity index is 1110. The average Bonchev–Trinajstić information content (AvgIpc) is 2.86. The van der Waals surface area contributed by atoms with Crippen molar-refractivity contribution in [3.63, 3.8) is 0 Å². The molecule has 0 amide bonds. The molecular formula is C30H36NO2P. The number of aromatic hydroxyl groups is 1. The molecule has 3 aromatic carbocycles. The van der Waals surface area contributed by atoms with Gasteiger partial charge in [-0.25, -0.2) is 0 Å². The van der Waals surface area contributed by atoms with Crippen molar-refractivity contribution in [1.82, 2.24) is 4.90 Å². The van der Waals surface area contributed by atoms with Gasteiger partial charge in [-0.2, -0.15) is 0 Å². The minimum atomic E-state index is -0.246. The van der Waals surface area contributed by atoms with Gasteiger partial charge in [0, 0.05) is 28.4 Å². The molecule has 0 radical (unpaired) electrons. The Balaban J connectivity index is 1.66. The normalized spacial score (nSPS) is 16.5. The van der Waals surface area contributed by atoms with Gasteiger partial charge in [-0.15, -0.1) is 0 Å². The lowest BCUT2D eigenvalue weighted by atomic mass is 9.91. The van der Waals surface area contributed by atoms with E-state index < -0.39 is 0 Å². The van der Waals surface area contributed by atoms with Gasteiger partial charge >= 0.3 is 0 Å². The number of nitrogens with zero attached hydrogens (tertiary/aromatic N) is 1. The van der Waals surface area contributed by atoms with Crippen molar-refractivity contribution >= 4 is 19.7 Å². The van der Waals surface area contributed by atoms with Gasteiger partial charge in [0.1, 0.15) is 5.75 Å². The summed E-state index contributed by atoms with van der Waals surface area (Å²) in [6.45, 7) is 7.78. The molecule has 2 atom stereocenters. The van der Waals surface area contributed by atoms with Crippen LogP contribution in [0.2, 0.25) is 0 Å². The number of phenols is 1. The van der Waals surface area contributed by atoms with Crippen molar-refractivity contribution in [3.05, 3.63) is 95.1 Å². The summed E-state index contributed by atoms with van der Waals surface area (Å²) in [6, 6.07) is 23.5. The van der Waals surface area contributed by atoms with Gasteiger partial charge in [-0.05, 0) is 61.4 Å². The number of rotatable bonds is 9. The molecule has 1 aliphatic heterocycles.